The van der Waals surface area contributed by atoms with Gasteiger partial charge in [-0.1, -0.05) is 26.0 Å². The summed E-state index contributed by atoms with van der Waals surface area (Å²) in [6.07, 6.45) is 1.53. The average molecular weight is 264 g/mol. The highest BCUT2D eigenvalue weighted by Gasteiger charge is 2.08. The van der Waals surface area contributed by atoms with Crippen LogP contribution in [0.2, 0.25) is 0 Å². The van der Waals surface area contributed by atoms with Crippen molar-refractivity contribution in [2.75, 3.05) is 38.6 Å². The van der Waals surface area contributed by atoms with E-state index in [1.54, 1.807) is 0 Å². The summed E-state index contributed by atoms with van der Waals surface area (Å²) in [5.74, 6) is 0. The molecule has 1 N–H and O–H groups in total. The van der Waals surface area contributed by atoms with Gasteiger partial charge in [0.15, 0.2) is 0 Å². The molecule has 19 heavy (non-hydrogen) atoms. The lowest BCUT2D eigenvalue weighted by atomic mass is 10.0. The molecule has 0 spiro atoms. The molecule has 3 heteroatoms. The number of nitrogens with zero attached hydrogens (tertiary/aromatic N) is 2. The molecule has 0 aliphatic carbocycles. The van der Waals surface area contributed by atoms with Gasteiger partial charge in [-0.2, -0.15) is 0 Å². The predicted molar refractivity (Wildman–Crippen MR) is 82.8 cm³/mol. The highest BCUT2D eigenvalue weighted by atomic mass is 16.3. The zero-order valence-corrected chi connectivity index (χ0v) is 12.8. The highest BCUT2D eigenvalue weighted by Crippen LogP contribution is 2.21. The Kier molecular flexibility index (Phi) is 6.89. The molecule has 0 aliphatic heterocycles. The first-order valence-electron chi connectivity index (χ1n) is 7.26. The fourth-order valence-electron chi connectivity index (χ4n) is 2.21. The lowest BCUT2D eigenvalue weighted by Crippen LogP contribution is -2.24. The number of anilines is 1. The maximum Gasteiger partial charge on any atom is 0.0790 e. The van der Waals surface area contributed by atoms with Crippen LogP contribution in [0.4, 0.5) is 5.69 Å². The molecular weight excluding hydrogens is 236 g/mol. The molecule has 1 rings (SSSR count). The van der Waals surface area contributed by atoms with E-state index in [-0.39, 0.29) is 6.10 Å². The first-order valence-corrected chi connectivity index (χ1v) is 7.26. The highest BCUT2D eigenvalue weighted by molar-refractivity contribution is 5.46. The van der Waals surface area contributed by atoms with Crippen LogP contribution in [-0.2, 0) is 0 Å². The smallest absolute Gasteiger partial charge is 0.0790 e. The molecule has 0 fully saturated rings. The third-order valence-electron chi connectivity index (χ3n) is 3.64. The molecule has 0 bridgehead atoms. The topological polar surface area (TPSA) is 26.7 Å². The van der Waals surface area contributed by atoms with Gasteiger partial charge in [0.2, 0.25) is 0 Å². The van der Waals surface area contributed by atoms with Crippen LogP contribution in [0.15, 0.2) is 24.3 Å². The Balaban J connectivity index is 2.42. The van der Waals surface area contributed by atoms with Gasteiger partial charge in [-0.05, 0) is 50.2 Å². The van der Waals surface area contributed by atoms with Crippen molar-refractivity contribution in [3.05, 3.63) is 29.8 Å². The van der Waals surface area contributed by atoms with Crippen LogP contribution in [0, 0.1) is 0 Å². The normalized spacial score (nSPS) is 12.7. The van der Waals surface area contributed by atoms with Crippen LogP contribution in [0.1, 0.15) is 38.4 Å². The van der Waals surface area contributed by atoms with Crippen LogP contribution in [0.3, 0.4) is 0 Å². The summed E-state index contributed by atoms with van der Waals surface area (Å²) in [6, 6.07) is 8.17. The van der Waals surface area contributed by atoms with Crippen molar-refractivity contribution >= 4 is 5.69 Å². The van der Waals surface area contributed by atoms with E-state index in [2.05, 4.69) is 35.8 Å². The van der Waals surface area contributed by atoms with Gasteiger partial charge in [0.25, 0.3) is 0 Å². The molecule has 1 aromatic rings. The zero-order chi connectivity index (χ0) is 14.3. The quantitative estimate of drug-likeness (QED) is 0.782. The third-order valence-corrected chi connectivity index (χ3v) is 3.64. The molecule has 0 saturated carbocycles. The summed E-state index contributed by atoms with van der Waals surface area (Å²) < 4.78 is 0. The summed E-state index contributed by atoms with van der Waals surface area (Å²) in [6.45, 7) is 7.61. The SMILES string of the molecule is CCN(CC)CCCC(O)c1ccc(N(C)C)cc1. The molecule has 1 unspecified atom stereocenters. The standard InChI is InChI=1S/C16H28N2O/c1-5-18(6-2)13-7-8-16(19)14-9-11-15(12-10-14)17(3)4/h9-12,16,19H,5-8,13H2,1-4H3. The molecule has 0 heterocycles. The molecule has 108 valence electrons. The van der Waals surface area contributed by atoms with Crippen molar-refractivity contribution in [1.29, 1.82) is 0 Å². The summed E-state index contributed by atoms with van der Waals surface area (Å²) in [4.78, 5) is 4.46. The minimum Gasteiger partial charge on any atom is -0.388 e. The van der Waals surface area contributed by atoms with Crippen molar-refractivity contribution in [3.8, 4) is 0 Å². The molecule has 0 aliphatic rings. The summed E-state index contributed by atoms with van der Waals surface area (Å²) in [5.41, 5.74) is 2.18. The summed E-state index contributed by atoms with van der Waals surface area (Å²) >= 11 is 0. The minimum absolute atomic E-state index is 0.341. The number of aliphatic hydroxyl groups is 1. The Morgan fingerprint density at radius 3 is 2.11 bits per heavy atom. The van der Waals surface area contributed by atoms with E-state index in [1.165, 1.54) is 5.69 Å². The van der Waals surface area contributed by atoms with Crippen molar-refractivity contribution in [2.24, 2.45) is 0 Å². The molecule has 3 nitrogen and oxygen atoms in total. The van der Waals surface area contributed by atoms with E-state index in [4.69, 9.17) is 0 Å². The van der Waals surface area contributed by atoms with Gasteiger partial charge < -0.3 is 14.9 Å². The van der Waals surface area contributed by atoms with E-state index in [0.29, 0.717) is 0 Å². The molecule has 1 atom stereocenters. The number of benzene rings is 1. The second kappa shape index (κ2) is 8.18. The maximum absolute atomic E-state index is 10.2. The van der Waals surface area contributed by atoms with Crippen molar-refractivity contribution in [1.82, 2.24) is 4.90 Å². The van der Waals surface area contributed by atoms with Gasteiger partial charge >= 0.3 is 0 Å². The van der Waals surface area contributed by atoms with Crippen LogP contribution in [0.5, 0.6) is 0 Å². The molecular formula is C16H28N2O. The first-order chi connectivity index (χ1) is 9.08. The van der Waals surface area contributed by atoms with Gasteiger partial charge in [0.05, 0.1) is 6.10 Å². The number of rotatable bonds is 8. The average Bonchev–Trinajstić information content (AvgIpc) is 2.43. The maximum atomic E-state index is 10.2. The van der Waals surface area contributed by atoms with Gasteiger partial charge in [0.1, 0.15) is 0 Å². The zero-order valence-electron chi connectivity index (χ0n) is 12.8. The number of aliphatic hydroxyl groups excluding tert-OH is 1. The lowest BCUT2D eigenvalue weighted by Gasteiger charge is -2.19. The second-order valence-electron chi connectivity index (χ2n) is 5.17. The molecule has 0 radical (unpaired) electrons. The fourth-order valence-corrected chi connectivity index (χ4v) is 2.21. The van der Waals surface area contributed by atoms with E-state index in [0.717, 1.165) is 38.0 Å². The Labute approximate surface area is 117 Å². The molecule has 1 aromatic carbocycles. The van der Waals surface area contributed by atoms with Gasteiger partial charge in [0, 0.05) is 19.8 Å². The second-order valence-corrected chi connectivity index (χ2v) is 5.17. The Hall–Kier alpha value is -1.06. The lowest BCUT2D eigenvalue weighted by molar-refractivity contribution is 0.156. The fraction of sp³-hybridized carbons (Fsp3) is 0.625. The third kappa shape index (κ3) is 5.21. The van der Waals surface area contributed by atoms with Crippen LogP contribution >= 0.6 is 0 Å². The predicted octanol–water partition coefficient (Wildman–Crippen LogP) is 2.91. The van der Waals surface area contributed by atoms with Crippen LogP contribution in [-0.4, -0.2) is 43.7 Å². The Morgan fingerprint density at radius 1 is 1.05 bits per heavy atom. The molecule has 0 amide bonds. The minimum atomic E-state index is -0.341. The number of hydrogen-bond acceptors (Lipinski definition) is 3. The Morgan fingerprint density at radius 2 is 1.63 bits per heavy atom. The summed E-state index contributed by atoms with van der Waals surface area (Å²) in [5, 5.41) is 10.2. The first kappa shape index (κ1) is 16.0. The van der Waals surface area contributed by atoms with E-state index >= 15 is 0 Å². The van der Waals surface area contributed by atoms with Crippen molar-refractivity contribution in [2.45, 2.75) is 32.8 Å². The largest absolute Gasteiger partial charge is 0.388 e. The van der Waals surface area contributed by atoms with E-state index < -0.39 is 0 Å². The van der Waals surface area contributed by atoms with Crippen LogP contribution in [0.25, 0.3) is 0 Å². The number of hydrogen-bond donors (Lipinski definition) is 1. The van der Waals surface area contributed by atoms with E-state index in [9.17, 15) is 5.11 Å². The van der Waals surface area contributed by atoms with Crippen LogP contribution < -0.4 is 4.90 Å². The van der Waals surface area contributed by atoms with Gasteiger partial charge in [-0.15, -0.1) is 0 Å². The Bertz CT molecular complexity index is 344. The van der Waals surface area contributed by atoms with Gasteiger partial charge in [-0.3, -0.25) is 0 Å². The van der Waals surface area contributed by atoms with Crippen molar-refractivity contribution < 1.29 is 5.11 Å². The van der Waals surface area contributed by atoms with Crippen molar-refractivity contribution in [3.63, 3.8) is 0 Å². The van der Waals surface area contributed by atoms with E-state index in [1.807, 2.05) is 26.2 Å². The monoisotopic (exact) mass is 264 g/mol. The summed E-state index contributed by atoms with van der Waals surface area (Å²) in [7, 11) is 4.05. The molecule has 0 saturated heterocycles. The van der Waals surface area contributed by atoms with Gasteiger partial charge in [-0.25, -0.2) is 0 Å². The molecule has 0 aromatic heterocycles.